The lowest BCUT2D eigenvalue weighted by atomic mass is 9.93. The van der Waals surface area contributed by atoms with Gasteiger partial charge in [0.25, 0.3) is 5.91 Å². The number of likely N-dealkylation sites (tertiary alicyclic amines) is 1. The Balaban J connectivity index is 1.50. The molecular weight excluding hydrogens is 478 g/mol. The zero-order valence-corrected chi connectivity index (χ0v) is 22.0. The fraction of sp³-hybridized carbons (Fsp3) is 0.355. The van der Waals surface area contributed by atoms with Crippen LogP contribution >= 0.6 is 0 Å². The standard InChI is InChI=1S/C31H37N3O4/c1-2-36-30(33)25-8-10-27(11-9-25)38-29-21-26(31(35)34-17-13-24(12-16-32)14-18-34)20-28(22-29)37-19-15-23-6-4-3-5-7-23/h3-11,20-22,24,33H,2,12-19,32H2,1H3. The second kappa shape index (κ2) is 13.6. The van der Waals surface area contributed by atoms with Crippen molar-refractivity contribution in [2.24, 2.45) is 11.7 Å². The molecule has 1 amide bonds. The predicted octanol–water partition coefficient (Wildman–Crippen LogP) is 5.66. The molecule has 7 heteroatoms. The van der Waals surface area contributed by atoms with E-state index in [9.17, 15) is 4.79 Å². The average Bonchev–Trinajstić information content (AvgIpc) is 2.94. The number of nitrogens with one attached hydrogen (secondary N) is 1. The maximum Gasteiger partial charge on any atom is 0.254 e. The van der Waals surface area contributed by atoms with E-state index in [0.29, 0.717) is 54.1 Å². The second-order valence-corrected chi connectivity index (χ2v) is 9.48. The van der Waals surface area contributed by atoms with Gasteiger partial charge in [0.1, 0.15) is 17.2 Å². The number of hydrogen-bond donors (Lipinski definition) is 2. The Morgan fingerprint density at radius 2 is 1.66 bits per heavy atom. The molecule has 38 heavy (non-hydrogen) atoms. The zero-order valence-electron chi connectivity index (χ0n) is 22.0. The van der Waals surface area contributed by atoms with E-state index in [-0.39, 0.29) is 11.8 Å². The first-order valence-corrected chi connectivity index (χ1v) is 13.4. The van der Waals surface area contributed by atoms with Crippen LogP contribution in [0.4, 0.5) is 0 Å². The van der Waals surface area contributed by atoms with Gasteiger partial charge in [-0.3, -0.25) is 10.2 Å². The lowest BCUT2D eigenvalue weighted by molar-refractivity contribution is 0.0687. The van der Waals surface area contributed by atoms with Crippen LogP contribution in [0.25, 0.3) is 0 Å². The van der Waals surface area contributed by atoms with E-state index in [0.717, 1.165) is 38.8 Å². The Morgan fingerprint density at radius 3 is 2.34 bits per heavy atom. The molecule has 1 saturated heterocycles. The molecule has 0 radical (unpaired) electrons. The molecule has 7 nitrogen and oxygen atoms in total. The molecule has 3 aromatic carbocycles. The van der Waals surface area contributed by atoms with Gasteiger partial charge in [0.2, 0.25) is 5.90 Å². The van der Waals surface area contributed by atoms with Gasteiger partial charge in [-0.2, -0.15) is 0 Å². The van der Waals surface area contributed by atoms with Crippen molar-refractivity contribution in [1.82, 2.24) is 4.90 Å². The first kappa shape index (κ1) is 27.2. The number of hydrogen-bond acceptors (Lipinski definition) is 6. The number of ether oxygens (including phenoxy) is 3. The van der Waals surface area contributed by atoms with Gasteiger partial charge in [-0.25, -0.2) is 0 Å². The number of carbonyl (C=O) groups is 1. The topological polar surface area (TPSA) is 97.9 Å². The molecule has 1 aliphatic heterocycles. The van der Waals surface area contributed by atoms with Gasteiger partial charge in [-0.1, -0.05) is 30.3 Å². The van der Waals surface area contributed by atoms with Crippen LogP contribution in [0.1, 0.15) is 47.7 Å². The highest BCUT2D eigenvalue weighted by atomic mass is 16.5. The average molecular weight is 516 g/mol. The van der Waals surface area contributed by atoms with E-state index < -0.39 is 0 Å². The van der Waals surface area contributed by atoms with Crippen LogP contribution in [0.5, 0.6) is 17.2 Å². The first-order valence-electron chi connectivity index (χ1n) is 13.4. The normalized spacial score (nSPS) is 13.7. The van der Waals surface area contributed by atoms with Crippen molar-refractivity contribution in [3.8, 4) is 17.2 Å². The van der Waals surface area contributed by atoms with E-state index in [4.69, 9.17) is 25.4 Å². The maximum atomic E-state index is 13.5. The minimum absolute atomic E-state index is 0.0185. The Kier molecular flexibility index (Phi) is 9.76. The number of nitrogens with zero attached hydrogens (tertiary/aromatic N) is 1. The number of rotatable bonds is 11. The van der Waals surface area contributed by atoms with Gasteiger partial charge >= 0.3 is 0 Å². The Labute approximate surface area is 225 Å². The summed E-state index contributed by atoms with van der Waals surface area (Å²) in [5.41, 5.74) is 8.14. The molecule has 0 spiro atoms. The van der Waals surface area contributed by atoms with E-state index in [2.05, 4.69) is 12.1 Å². The molecule has 0 aliphatic carbocycles. The van der Waals surface area contributed by atoms with E-state index in [1.54, 1.807) is 36.4 Å². The lowest BCUT2D eigenvalue weighted by Crippen LogP contribution is -2.38. The summed E-state index contributed by atoms with van der Waals surface area (Å²) in [5.74, 6) is 2.40. The molecule has 0 atom stereocenters. The minimum Gasteiger partial charge on any atom is -0.493 e. The number of carbonyl (C=O) groups excluding carboxylic acids is 1. The smallest absolute Gasteiger partial charge is 0.254 e. The van der Waals surface area contributed by atoms with E-state index in [1.807, 2.05) is 36.1 Å². The molecular formula is C31H37N3O4. The lowest BCUT2D eigenvalue weighted by Gasteiger charge is -2.32. The van der Waals surface area contributed by atoms with Crippen molar-refractivity contribution in [2.75, 3.05) is 32.8 Å². The van der Waals surface area contributed by atoms with Crippen molar-refractivity contribution >= 4 is 11.8 Å². The molecule has 0 bridgehead atoms. The summed E-state index contributed by atoms with van der Waals surface area (Å²) in [6.07, 6.45) is 3.72. The summed E-state index contributed by atoms with van der Waals surface area (Å²) in [4.78, 5) is 15.4. The third-order valence-corrected chi connectivity index (χ3v) is 6.75. The van der Waals surface area contributed by atoms with Crippen molar-refractivity contribution < 1.29 is 19.0 Å². The first-order chi connectivity index (χ1) is 18.6. The van der Waals surface area contributed by atoms with E-state index in [1.165, 1.54) is 5.56 Å². The summed E-state index contributed by atoms with van der Waals surface area (Å²) in [5, 5.41) is 7.96. The molecule has 200 valence electrons. The number of nitrogens with two attached hydrogens (primary N) is 1. The summed E-state index contributed by atoms with van der Waals surface area (Å²) < 4.78 is 17.5. The Bertz CT molecular complexity index is 1190. The van der Waals surface area contributed by atoms with Crippen LogP contribution in [0.3, 0.4) is 0 Å². The molecule has 0 unspecified atom stereocenters. The Hall–Kier alpha value is -3.84. The largest absolute Gasteiger partial charge is 0.493 e. The Morgan fingerprint density at radius 1 is 0.947 bits per heavy atom. The van der Waals surface area contributed by atoms with Crippen LogP contribution in [0, 0.1) is 11.3 Å². The number of benzene rings is 3. The van der Waals surface area contributed by atoms with Crippen LogP contribution < -0.4 is 15.2 Å². The molecule has 3 aromatic rings. The third kappa shape index (κ3) is 7.59. The van der Waals surface area contributed by atoms with Gasteiger partial charge < -0.3 is 24.8 Å². The molecule has 1 aliphatic rings. The minimum atomic E-state index is -0.0185. The summed E-state index contributed by atoms with van der Waals surface area (Å²) >= 11 is 0. The highest BCUT2D eigenvalue weighted by molar-refractivity contribution is 5.95. The van der Waals surface area contributed by atoms with Crippen LogP contribution in [-0.2, 0) is 11.2 Å². The molecule has 3 N–H and O–H groups in total. The molecule has 0 saturated carbocycles. The van der Waals surface area contributed by atoms with Crippen LogP contribution in [-0.4, -0.2) is 49.6 Å². The van der Waals surface area contributed by atoms with Gasteiger partial charge in [0.15, 0.2) is 0 Å². The molecule has 4 rings (SSSR count). The van der Waals surface area contributed by atoms with Gasteiger partial charge in [0, 0.05) is 36.7 Å². The molecule has 0 aromatic heterocycles. The second-order valence-electron chi connectivity index (χ2n) is 9.48. The maximum absolute atomic E-state index is 13.5. The van der Waals surface area contributed by atoms with Gasteiger partial charge in [-0.15, -0.1) is 0 Å². The fourth-order valence-electron chi connectivity index (χ4n) is 4.65. The quantitative estimate of drug-likeness (QED) is 0.254. The van der Waals surface area contributed by atoms with Crippen molar-refractivity contribution in [3.05, 3.63) is 89.5 Å². The predicted molar refractivity (Wildman–Crippen MR) is 149 cm³/mol. The van der Waals surface area contributed by atoms with Crippen LogP contribution in [0.2, 0.25) is 0 Å². The summed E-state index contributed by atoms with van der Waals surface area (Å²) in [7, 11) is 0. The fourth-order valence-corrected chi connectivity index (χ4v) is 4.65. The zero-order chi connectivity index (χ0) is 26.7. The number of amides is 1. The highest BCUT2D eigenvalue weighted by Gasteiger charge is 2.24. The molecule has 1 heterocycles. The van der Waals surface area contributed by atoms with Crippen molar-refractivity contribution in [1.29, 1.82) is 5.41 Å². The number of piperidine rings is 1. The van der Waals surface area contributed by atoms with Crippen molar-refractivity contribution in [2.45, 2.75) is 32.6 Å². The summed E-state index contributed by atoms with van der Waals surface area (Å²) in [6, 6.07) is 22.7. The summed E-state index contributed by atoms with van der Waals surface area (Å²) in [6.45, 7) is 4.92. The third-order valence-electron chi connectivity index (χ3n) is 6.75. The van der Waals surface area contributed by atoms with Crippen molar-refractivity contribution in [3.63, 3.8) is 0 Å². The highest BCUT2D eigenvalue weighted by Crippen LogP contribution is 2.30. The van der Waals surface area contributed by atoms with Crippen LogP contribution in [0.15, 0.2) is 72.8 Å². The van der Waals surface area contributed by atoms with Gasteiger partial charge in [0.05, 0.1) is 13.2 Å². The molecule has 1 fully saturated rings. The van der Waals surface area contributed by atoms with Gasteiger partial charge in [-0.05, 0) is 80.6 Å². The van der Waals surface area contributed by atoms with E-state index >= 15 is 0 Å². The monoisotopic (exact) mass is 515 g/mol. The SMILES string of the molecule is CCOC(=N)c1ccc(Oc2cc(OCCc3ccccc3)cc(C(=O)N3CCC(CCN)CC3)c2)cc1.